The van der Waals surface area contributed by atoms with Crippen LogP contribution in [0.2, 0.25) is 0 Å². The van der Waals surface area contributed by atoms with Gasteiger partial charge < -0.3 is 19.2 Å². The van der Waals surface area contributed by atoms with Crippen molar-refractivity contribution in [2.45, 2.75) is 59.4 Å². The van der Waals surface area contributed by atoms with Gasteiger partial charge in [0.2, 0.25) is 11.8 Å². The van der Waals surface area contributed by atoms with Crippen LogP contribution in [-0.4, -0.2) is 40.0 Å². The van der Waals surface area contributed by atoms with Crippen molar-refractivity contribution in [3.05, 3.63) is 77.1 Å². The number of carboxylic acids is 1. The van der Waals surface area contributed by atoms with E-state index in [9.17, 15) is 14.7 Å². The van der Waals surface area contributed by atoms with Gasteiger partial charge in [0.05, 0.1) is 12.3 Å². The highest BCUT2D eigenvalue weighted by Crippen LogP contribution is 2.33. The molecule has 0 saturated heterocycles. The van der Waals surface area contributed by atoms with Crippen molar-refractivity contribution in [3.8, 4) is 5.75 Å². The standard InChI is InChI=1S/C28H34N2O5/c1-5-7-9-11-25(31)30-16-14-21-12-13-22(18-23(21)26(30)28(32)33)34-17-15-24-20(4)35-27(29-24)19(3)10-8-6-2/h5,7,9-13,18,26H,6,8,14-17H2,1-4H3,(H,32,33)/b7-5?,11-9?,19-10-. The van der Waals surface area contributed by atoms with Gasteiger partial charge in [0.15, 0.2) is 6.04 Å². The summed E-state index contributed by atoms with van der Waals surface area (Å²) in [5.74, 6) is 0.581. The molecule has 1 amide bonds. The van der Waals surface area contributed by atoms with Crippen LogP contribution in [0, 0.1) is 6.92 Å². The largest absolute Gasteiger partial charge is 0.493 e. The SMILES string of the molecule is CC=CC=CC(=O)N1CCc2ccc(OCCc3nc(/C(C)=C\CCC)oc3C)cc2C1C(=O)O. The lowest BCUT2D eigenvalue weighted by atomic mass is 9.92. The van der Waals surface area contributed by atoms with Crippen molar-refractivity contribution >= 4 is 17.4 Å². The van der Waals surface area contributed by atoms with Crippen LogP contribution in [-0.2, 0) is 22.4 Å². The van der Waals surface area contributed by atoms with Gasteiger partial charge in [0.25, 0.3) is 0 Å². The Bertz CT molecular complexity index is 1140. The molecule has 1 atom stereocenters. The Morgan fingerprint density at radius 2 is 2.11 bits per heavy atom. The predicted molar refractivity (Wildman–Crippen MR) is 135 cm³/mol. The number of hydrogen-bond acceptors (Lipinski definition) is 5. The molecule has 0 fully saturated rings. The number of rotatable bonds is 10. The summed E-state index contributed by atoms with van der Waals surface area (Å²) >= 11 is 0. The molecule has 1 aromatic carbocycles. The monoisotopic (exact) mass is 478 g/mol. The Labute approximate surface area is 206 Å². The highest BCUT2D eigenvalue weighted by Gasteiger charge is 2.35. The third-order valence-corrected chi connectivity index (χ3v) is 5.98. The number of carboxylic acid groups (broad SMARTS) is 1. The van der Waals surface area contributed by atoms with Gasteiger partial charge in [-0.05, 0) is 56.9 Å². The lowest BCUT2D eigenvalue weighted by Gasteiger charge is -2.34. The molecular weight excluding hydrogens is 444 g/mol. The highest BCUT2D eigenvalue weighted by molar-refractivity contribution is 5.92. The molecular formula is C28H34N2O5. The van der Waals surface area contributed by atoms with E-state index in [1.807, 2.05) is 32.9 Å². The first-order chi connectivity index (χ1) is 16.8. The summed E-state index contributed by atoms with van der Waals surface area (Å²) in [6, 6.07) is 4.42. The molecule has 2 aromatic rings. The van der Waals surface area contributed by atoms with E-state index in [4.69, 9.17) is 9.15 Å². The second-order valence-corrected chi connectivity index (χ2v) is 8.56. The van der Waals surface area contributed by atoms with Crippen LogP contribution in [0.25, 0.3) is 5.57 Å². The Hall–Kier alpha value is -3.61. The number of fused-ring (bicyclic) bond motifs is 1. The van der Waals surface area contributed by atoms with Crippen molar-refractivity contribution in [1.29, 1.82) is 0 Å². The molecule has 1 unspecified atom stereocenters. The van der Waals surface area contributed by atoms with Gasteiger partial charge in [-0.2, -0.15) is 0 Å². The topological polar surface area (TPSA) is 92.9 Å². The van der Waals surface area contributed by atoms with E-state index < -0.39 is 12.0 Å². The Morgan fingerprint density at radius 1 is 1.31 bits per heavy atom. The summed E-state index contributed by atoms with van der Waals surface area (Å²) in [6.45, 7) is 8.59. The van der Waals surface area contributed by atoms with Crippen molar-refractivity contribution < 1.29 is 23.8 Å². The Morgan fingerprint density at radius 3 is 2.83 bits per heavy atom. The molecule has 0 bridgehead atoms. The van der Waals surface area contributed by atoms with Crippen LogP contribution >= 0.6 is 0 Å². The fraction of sp³-hybridized carbons (Fsp3) is 0.393. The second-order valence-electron chi connectivity index (χ2n) is 8.56. The molecule has 1 aliphatic rings. The maximum atomic E-state index is 12.6. The molecule has 3 rings (SSSR count). The minimum atomic E-state index is -1.06. The first kappa shape index (κ1) is 26.0. The number of benzene rings is 1. The van der Waals surface area contributed by atoms with Gasteiger partial charge in [0, 0.05) is 24.6 Å². The van der Waals surface area contributed by atoms with Gasteiger partial charge in [-0.3, -0.25) is 4.79 Å². The third kappa shape index (κ3) is 6.50. The van der Waals surface area contributed by atoms with E-state index in [0.717, 1.165) is 35.4 Å². The van der Waals surface area contributed by atoms with Crippen LogP contribution in [0.3, 0.4) is 0 Å². The van der Waals surface area contributed by atoms with E-state index in [1.54, 1.807) is 24.3 Å². The molecule has 1 aliphatic heterocycles. The molecule has 35 heavy (non-hydrogen) atoms. The zero-order valence-electron chi connectivity index (χ0n) is 20.9. The van der Waals surface area contributed by atoms with Crippen molar-refractivity contribution in [2.75, 3.05) is 13.2 Å². The molecule has 1 N–H and O–H groups in total. The number of amides is 1. The van der Waals surface area contributed by atoms with Crippen LogP contribution in [0.1, 0.15) is 68.1 Å². The van der Waals surface area contributed by atoms with E-state index in [2.05, 4.69) is 18.0 Å². The normalized spacial score (nSPS) is 16.2. The first-order valence-corrected chi connectivity index (χ1v) is 12.1. The number of carbonyl (C=O) groups excluding carboxylic acids is 1. The van der Waals surface area contributed by atoms with E-state index in [-0.39, 0.29) is 5.91 Å². The minimum absolute atomic E-state index is 0.326. The van der Waals surface area contributed by atoms with Crippen molar-refractivity contribution in [2.24, 2.45) is 0 Å². The maximum absolute atomic E-state index is 12.6. The third-order valence-electron chi connectivity index (χ3n) is 5.98. The number of hydrogen-bond donors (Lipinski definition) is 1. The summed E-state index contributed by atoms with van der Waals surface area (Å²) in [6.07, 6.45) is 11.9. The molecule has 0 spiro atoms. The predicted octanol–water partition coefficient (Wildman–Crippen LogP) is 5.45. The summed E-state index contributed by atoms with van der Waals surface area (Å²) in [5, 5.41) is 9.93. The lowest BCUT2D eigenvalue weighted by Crippen LogP contribution is -2.42. The van der Waals surface area contributed by atoms with E-state index in [0.29, 0.717) is 43.2 Å². The van der Waals surface area contributed by atoms with Gasteiger partial charge in [-0.15, -0.1) is 0 Å². The maximum Gasteiger partial charge on any atom is 0.331 e. The second kappa shape index (κ2) is 12.2. The summed E-state index contributed by atoms with van der Waals surface area (Å²) in [5.41, 5.74) is 3.37. The van der Waals surface area contributed by atoms with Crippen LogP contribution < -0.4 is 4.74 Å². The lowest BCUT2D eigenvalue weighted by molar-refractivity contribution is -0.149. The number of carbonyl (C=O) groups is 2. The summed E-state index contributed by atoms with van der Waals surface area (Å²) in [7, 11) is 0. The fourth-order valence-electron chi connectivity index (χ4n) is 4.07. The first-order valence-electron chi connectivity index (χ1n) is 12.1. The molecule has 2 heterocycles. The number of nitrogens with zero attached hydrogens (tertiary/aromatic N) is 2. The minimum Gasteiger partial charge on any atom is -0.493 e. The fourth-order valence-corrected chi connectivity index (χ4v) is 4.07. The van der Waals surface area contributed by atoms with Gasteiger partial charge >= 0.3 is 5.97 Å². The zero-order chi connectivity index (χ0) is 25.4. The number of allylic oxidation sites excluding steroid dienone is 5. The van der Waals surface area contributed by atoms with Crippen LogP contribution in [0.15, 0.2) is 53.0 Å². The molecule has 0 radical (unpaired) electrons. The van der Waals surface area contributed by atoms with Gasteiger partial charge in [-0.25, -0.2) is 9.78 Å². The molecule has 7 heteroatoms. The zero-order valence-corrected chi connectivity index (χ0v) is 20.9. The molecule has 186 valence electrons. The summed E-state index contributed by atoms with van der Waals surface area (Å²) in [4.78, 5) is 30.8. The number of unbranched alkanes of at least 4 members (excludes halogenated alkanes) is 1. The van der Waals surface area contributed by atoms with E-state index >= 15 is 0 Å². The number of aromatic nitrogens is 1. The van der Waals surface area contributed by atoms with Crippen molar-refractivity contribution in [3.63, 3.8) is 0 Å². The Kier molecular flexibility index (Phi) is 9.06. The Balaban J connectivity index is 1.71. The van der Waals surface area contributed by atoms with Crippen LogP contribution in [0.5, 0.6) is 5.75 Å². The quantitative estimate of drug-likeness (QED) is 0.361. The van der Waals surface area contributed by atoms with E-state index in [1.165, 1.54) is 11.0 Å². The number of aliphatic carboxylic acids is 1. The molecule has 0 saturated carbocycles. The number of aryl methyl sites for hydroxylation is 1. The molecule has 7 nitrogen and oxygen atoms in total. The smallest absolute Gasteiger partial charge is 0.331 e. The average Bonchev–Trinajstić information content (AvgIpc) is 3.22. The average molecular weight is 479 g/mol. The highest BCUT2D eigenvalue weighted by atomic mass is 16.5. The molecule has 0 aliphatic carbocycles. The van der Waals surface area contributed by atoms with Crippen molar-refractivity contribution in [1.82, 2.24) is 9.88 Å². The number of ether oxygens (including phenoxy) is 1. The van der Waals surface area contributed by atoms with Crippen LogP contribution in [0.4, 0.5) is 0 Å². The molecule has 1 aromatic heterocycles. The van der Waals surface area contributed by atoms with Gasteiger partial charge in [0.1, 0.15) is 11.5 Å². The number of oxazole rings is 1. The summed E-state index contributed by atoms with van der Waals surface area (Å²) < 4.78 is 11.8. The van der Waals surface area contributed by atoms with Gasteiger partial charge in [-0.1, -0.05) is 43.7 Å².